The first-order valence-corrected chi connectivity index (χ1v) is 7.11. The minimum Gasteiger partial charge on any atom is -0.324 e. The molecule has 0 aliphatic heterocycles. The minimum absolute atomic E-state index is 0.105. The van der Waals surface area contributed by atoms with Gasteiger partial charge >= 0.3 is 0 Å². The molecule has 0 bridgehead atoms. The molecular formula is C13H15N5OS. The molecule has 1 amide bonds. The maximum Gasteiger partial charge on any atom is 0.244 e. The van der Waals surface area contributed by atoms with Crippen molar-refractivity contribution in [1.82, 2.24) is 14.8 Å². The third kappa shape index (κ3) is 2.68. The van der Waals surface area contributed by atoms with Crippen molar-refractivity contribution in [2.45, 2.75) is 28.4 Å². The topological polar surface area (TPSA) is 85.8 Å². The van der Waals surface area contributed by atoms with Gasteiger partial charge in [0, 0.05) is 17.6 Å². The van der Waals surface area contributed by atoms with Gasteiger partial charge in [0.15, 0.2) is 5.16 Å². The molecule has 1 aromatic carbocycles. The summed E-state index contributed by atoms with van der Waals surface area (Å²) in [5.41, 5.74) is 5.95. The second-order valence-electron chi connectivity index (χ2n) is 4.96. The fourth-order valence-electron chi connectivity index (χ4n) is 1.69. The first-order valence-electron chi connectivity index (χ1n) is 6.29. The van der Waals surface area contributed by atoms with Gasteiger partial charge in [0.2, 0.25) is 5.91 Å². The van der Waals surface area contributed by atoms with Crippen molar-refractivity contribution in [3.8, 4) is 0 Å². The van der Waals surface area contributed by atoms with E-state index in [1.54, 1.807) is 6.33 Å². The molecule has 1 aliphatic rings. The SMILES string of the molecule is Cn1cnnc1Sc1ccc(NC(=O)C2(N)CC2)cc1. The van der Waals surface area contributed by atoms with Gasteiger partial charge in [-0.3, -0.25) is 4.79 Å². The molecule has 1 heterocycles. The number of hydrogen-bond donors (Lipinski definition) is 2. The number of carbonyl (C=O) groups excluding carboxylic acids is 1. The fraction of sp³-hybridized carbons (Fsp3) is 0.308. The lowest BCUT2D eigenvalue weighted by Gasteiger charge is -2.10. The maximum absolute atomic E-state index is 11.8. The Labute approximate surface area is 120 Å². The number of hydrogen-bond acceptors (Lipinski definition) is 5. The Morgan fingerprint density at radius 1 is 1.40 bits per heavy atom. The smallest absolute Gasteiger partial charge is 0.244 e. The molecule has 0 saturated heterocycles. The third-order valence-corrected chi connectivity index (χ3v) is 4.29. The molecule has 0 radical (unpaired) electrons. The number of amides is 1. The zero-order valence-corrected chi connectivity index (χ0v) is 11.9. The molecule has 0 spiro atoms. The van der Waals surface area contributed by atoms with Crippen molar-refractivity contribution in [3.05, 3.63) is 30.6 Å². The second-order valence-corrected chi connectivity index (χ2v) is 6.00. The Morgan fingerprint density at radius 3 is 2.65 bits per heavy atom. The standard InChI is InChI=1S/C13H15N5OS/c1-18-8-15-17-12(18)20-10-4-2-9(3-5-10)16-11(19)13(14)6-7-13/h2-5,8H,6-7,14H2,1H3,(H,16,19). The van der Waals surface area contributed by atoms with Crippen LogP contribution in [0.2, 0.25) is 0 Å². The number of nitrogens with two attached hydrogens (primary N) is 1. The van der Waals surface area contributed by atoms with Crippen LogP contribution in [0.15, 0.2) is 40.6 Å². The highest BCUT2D eigenvalue weighted by Crippen LogP contribution is 2.33. The van der Waals surface area contributed by atoms with Gasteiger partial charge in [-0.15, -0.1) is 10.2 Å². The lowest BCUT2D eigenvalue weighted by atomic mass is 10.2. The van der Waals surface area contributed by atoms with E-state index in [1.165, 1.54) is 11.8 Å². The van der Waals surface area contributed by atoms with E-state index in [1.807, 2.05) is 35.9 Å². The molecular weight excluding hydrogens is 274 g/mol. The van der Waals surface area contributed by atoms with Crippen molar-refractivity contribution >= 4 is 23.4 Å². The van der Waals surface area contributed by atoms with Gasteiger partial charge in [0.25, 0.3) is 0 Å². The summed E-state index contributed by atoms with van der Waals surface area (Å²) in [6, 6.07) is 7.60. The Kier molecular flexibility index (Phi) is 3.23. The van der Waals surface area contributed by atoms with Gasteiger partial charge in [0.1, 0.15) is 6.33 Å². The lowest BCUT2D eigenvalue weighted by Crippen LogP contribution is -2.37. The lowest BCUT2D eigenvalue weighted by molar-refractivity contribution is -0.118. The van der Waals surface area contributed by atoms with E-state index >= 15 is 0 Å². The molecule has 7 heteroatoms. The summed E-state index contributed by atoms with van der Waals surface area (Å²) in [6.45, 7) is 0. The van der Waals surface area contributed by atoms with E-state index in [-0.39, 0.29) is 5.91 Å². The molecule has 1 fully saturated rings. The molecule has 0 unspecified atom stereocenters. The summed E-state index contributed by atoms with van der Waals surface area (Å²) in [5, 5.41) is 11.5. The molecule has 1 aliphatic carbocycles. The summed E-state index contributed by atoms with van der Waals surface area (Å²) >= 11 is 1.52. The number of rotatable bonds is 4. The summed E-state index contributed by atoms with van der Waals surface area (Å²) in [5.74, 6) is -0.105. The Bertz CT molecular complexity index is 632. The Balaban J connectivity index is 1.65. The number of nitrogens with zero attached hydrogens (tertiary/aromatic N) is 3. The van der Waals surface area contributed by atoms with E-state index in [2.05, 4.69) is 15.5 Å². The van der Waals surface area contributed by atoms with Crippen LogP contribution in [0.1, 0.15) is 12.8 Å². The molecule has 3 N–H and O–H groups in total. The van der Waals surface area contributed by atoms with Crippen molar-refractivity contribution in [2.75, 3.05) is 5.32 Å². The van der Waals surface area contributed by atoms with Gasteiger partial charge in [0.05, 0.1) is 5.54 Å². The third-order valence-electron chi connectivity index (χ3n) is 3.23. The molecule has 20 heavy (non-hydrogen) atoms. The van der Waals surface area contributed by atoms with Gasteiger partial charge in [-0.2, -0.15) is 0 Å². The van der Waals surface area contributed by atoms with Gasteiger partial charge in [-0.25, -0.2) is 0 Å². The van der Waals surface area contributed by atoms with Crippen LogP contribution in [0.25, 0.3) is 0 Å². The number of benzene rings is 1. The zero-order chi connectivity index (χ0) is 14.2. The normalized spacial score (nSPS) is 15.9. The minimum atomic E-state index is -0.647. The van der Waals surface area contributed by atoms with Crippen molar-refractivity contribution in [3.63, 3.8) is 0 Å². The van der Waals surface area contributed by atoms with Crippen LogP contribution in [0.5, 0.6) is 0 Å². The van der Waals surface area contributed by atoms with Crippen LogP contribution < -0.4 is 11.1 Å². The molecule has 1 saturated carbocycles. The molecule has 1 aromatic heterocycles. The van der Waals surface area contributed by atoms with E-state index in [4.69, 9.17) is 5.73 Å². The molecule has 3 rings (SSSR count). The van der Waals surface area contributed by atoms with Gasteiger partial charge in [-0.05, 0) is 48.9 Å². The predicted molar refractivity (Wildman–Crippen MR) is 76.4 cm³/mol. The van der Waals surface area contributed by atoms with E-state index in [0.29, 0.717) is 0 Å². The Morgan fingerprint density at radius 2 is 2.10 bits per heavy atom. The number of carbonyl (C=O) groups is 1. The second kappa shape index (κ2) is 4.92. The van der Waals surface area contributed by atoms with Crippen LogP contribution in [0, 0.1) is 0 Å². The van der Waals surface area contributed by atoms with E-state index in [9.17, 15) is 4.79 Å². The average Bonchev–Trinajstić information content (AvgIpc) is 3.07. The molecule has 2 aromatic rings. The fourth-order valence-corrected chi connectivity index (χ4v) is 2.46. The van der Waals surface area contributed by atoms with Gasteiger partial charge in [-0.1, -0.05) is 0 Å². The zero-order valence-electron chi connectivity index (χ0n) is 11.0. The first kappa shape index (κ1) is 13.1. The van der Waals surface area contributed by atoms with Crippen molar-refractivity contribution in [1.29, 1.82) is 0 Å². The van der Waals surface area contributed by atoms with Crippen LogP contribution in [-0.4, -0.2) is 26.2 Å². The highest BCUT2D eigenvalue weighted by molar-refractivity contribution is 7.99. The monoisotopic (exact) mass is 289 g/mol. The van der Waals surface area contributed by atoms with Crippen molar-refractivity contribution in [2.24, 2.45) is 12.8 Å². The van der Waals surface area contributed by atoms with Crippen molar-refractivity contribution < 1.29 is 4.79 Å². The summed E-state index contributed by atoms with van der Waals surface area (Å²) < 4.78 is 1.85. The predicted octanol–water partition coefficient (Wildman–Crippen LogP) is 1.40. The number of aryl methyl sites for hydroxylation is 1. The summed E-state index contributed by atoms with van der Waals surface area (Å²) in [6.07, 6.45) is 3.19. The molecule has 6 nitrogen and oxygen atoms in total. The van der Waals surface area contributed by atoms with E-state index in [0.717, 1.165) is 28.6 Å². The largest absolute Gasteiger partial charge is 0.324 e. The number of aromatic nitrogens is 3. The first-order chi connectivity index (χ1) is 9.57. The average molecular weight is 289 g/mol. The maximum atomic E-state index is 11.8. The molecule has 0 atom stereocenters. The van der Waals surface area contributed by atoms with Gasteiger partial charge < -0.3 is 15.6 Å². The Hall–Kier alpha value is -1.86. The number of nitrogens with one attached hydrogen (secondary N) is 1. The highest BCUT2D eigenvalue weighted by Gasteiger charge is 2.45. The van der Waals surface area contributed by atoms with Crippen LogP contribution in [-0.2, 0) is 11.8 Å². The summed E-state index contributed by atoms with van der Waals surface area (Å²) in [4.78, 5) is 12.9. The van der Waals surface area contributed by atoms with Crippen LogP contribution in [0.3, 0.4) is 0 Å². The van der Waals surface area contributed by atoms with Crippen LogP contribution in [0.4, 0.5) is 5.69 Å². The summed E-state index contributed by atoms with van der Waals surface area (Å²) in [7, 11) is 1.90. The molecule has 104 valence electrons. The van der Waals surface area contributed by atoms with E-state index < -0.39 is 5.54 Å². The van der Waals surface area contributed by atoms with Crippen LogP contribution >= 0.6 is 11.8 Å². The highest BCUT2D eigenvalue weighted by atomic mass is 32.2. The number of anilines is 1. The quantitative estimate of drug-likeness (QED) is 0.888.